The van der Waals surface area contributed by atoms with Gasteiger partial charge in [-0.05, 0) is 24.8 Å². The van der Waals surface area contributed by atoms with Crippen LogP contribution in [-0.2, 0) is 4.79 Å². The highest BCUT2D eigenvalue weighted by Crippen LogP contribution is 2.30. The summed E-state index contributed by atoms with van der Waals surface area (Å²) in [5.74, 6) is -1.20. The lowest BCUT2D eigenvalue weighted by atomic mass is 10.0. The van der Waals surface area contributed by atoms with Crippen molar-refractivity contribution in [3.63, 3.8) is 0 Å². The summed E-state index contributed by atoms with van der Waals surface area (Å²) in [6.45, 7) is 2.58. The van der Waals surface area contributed by atoms with E-state index >= 15 is 0 Å². The van der Waals surface area contributed by atoms with E-state index in [0.29, 0.717) is 13.3 Å². The Hall–Kier alpha value is -1.08. The number of thiophene rings is 1. The molecule has 1 aromatic rings. The number of rotatable bonds is 5. The fraction of sp³-hybridized carbons (Fsp3) is 0.583. The number of nitrogens with one attached hydrogen (secondary N) is 1. The fourth-order valence-corrected chi connectivity index (χ4v) is 2.31. The van der Waals surface area contributed by atoms with Crippen LogP contribution in [0, 0.1) is 0 Å². The summed E-state index contributed by atoms with van der Waals surface area (Å²) in [5.41, 5.74) is 2.22. The maximum absolute atomic E-state index is 12.7. The van der Waals surface area contributed by atoms with Crippen molar-refractivity contribution < 1.29 is 18.0 Å². The number of hydrogen-bond donors (Lipinski definition) is 2. The molecule has 1 rings (SSSR count). The standard InChI is InChI=1S/C12H17F3N2OS/c1-3-5-8(9-6-4-7-19-9)17-10(18)11(2,16)12(13,14)15/h4,6-8H,3,5,16H2,1-2H3,(H,17,18). The van der Waals surface area contributed by atoms with E-state index in [1.807, 2.05) is 12.3 Å². The SMILES string of the molecule is CCCC(NC(=O)C(C)(N)C(F)(F)F)c1cccs1. The minimum absolute atomic E-state index is 0.428. The maximum atomic E-state index is 12.7. The smallest absolute Gasteiger partial charge is 0.347 e. The largest absolute Gasteiger partial charge is 0.415 e. The summed E-state index contributed by atoms with van der Waals surface area (Å²) in [6.07, 6.45) is -3.46. The van der Waals surface area contributed by atoms with Crippen LogP contribution in [0.2, 0.25) is 0 Å². The first-order valence-electron chi connectivity index (χ1n) is 5.90. The third-order valence-electron chi connectivity index (χ3n) is 2.83. The van der Waals surface area contributed by atoms with Crippen LogP contribution in [0.1, 0.15) is 37.6 Å². The number of nitrogens with two attached hydrogens (primary N) is 1. The molecule has 0 spiro atoms. The number of alkyl halides is 3. The van der Waals surface area contributed by atoms with Crippen LogP contribution in [0.3, 0.4) is 0 Å². The molecular weight excluding hydrogens is 277 g/mol. The molecule has 0 fully saturated rings. The Morgan fingerprint density at radius 1 is 1.53 bits per heavy atom. The zero-order valence-corrected chi connectivity index (χ0v) is 11.6. The first-order valence-corrected chi connectivity index (χ1v) is 6.78. The Bertz CT molecular complexity index is 415. The predicted octanol–water partition coefficient (Wildman–Crippen LogP) is 2.99. The third-order valence-corrected chi connectivity index (χ3v) is 3.82. The van der Waals surface area contributed by atoms with Crippen LogP contribution in [0.15, 0.2) is 17.5 Å². The van der Waals surface area contributed by atoms with Crippen molar-refractivity contribution in [3.8, 4) is 0 Å². The normalized spacial score (nSPS) is 16.7. The maximum Gasteiger partial charge on any atom is 0.415 e. The van der Waals surface area contributed by atoms with E-state index in [0.717, 1.165) is 11.3 Å². The Kier molecular flexibility index (Phi) is 4.98. The average Bonchev–Trinajstić information content (AvgIpc) is 2.79. The van der Waals surface area contributed by atoms with E-state index in [-0.39, 0.29) is 0 Å². The Morgan fingerprint density at radius 2 is 2.16 bits per heavy atom. The Labute approximate surface area is 114 Å². The topological polar surface area (TPSA) is 55.1 Å². The summed E-state index contributed by atoms with van der Waals surface area (Å²) >= 11 is 1.39. The van der Waals surface area contributed by atoms with Gasteiger partial charge in [0.1, 0.15) is 0 Å². The van der Waals surface area contributed by atoms with Gasteiger partial charge in [0.15, 0.2) is 5.54 Å². The molecule has 7 heteroatoms. The fourth-order valence-electron chi connectivity index (χ4n) is 1.50. The van der Waals surface area contributed by atoms with Crippen LogP contribution in [0.4, 0.5) is 13.2 Å². The minimum atomic E-state index is -4.77. The van der Waals surface area contributed by atoms with E-state index < -0.39 is 23.7 Å². The van der Waals surface area contributed by atoms with Crippen molar-refractivity contribution in [2.45, 2.75) is 44.4 Å². The number of carbonyl (C=O) groups is 1. The zero-order valence-electron chi connectivity index (χ0n) is 10.8. The second kappa shape index (κ2) is 5.92. The molecule has 0 aromatic carbocycles. The lowest BCUT2D eigenvalue weighted by Gasteiger charge is -2.28. The van der Waals surface area contributed by atoms with Crippen LogP contribution in [-0.4, -0.2) is 17.6 Å². The van der Waals surface area contributed by atoms with Crippen LogP contribution < -0.4 is 11.1 Å². The van der Waals surface area contributed by atoms with E-state index in [9.17, 15) is 18.0 Å². The summed E-state index contributed by atoms with van der Waals surface area (Å²) in [7, 11) is 0. The van der Waals surface area contributed by atoms with Gasteiger partial charge in [0.05, 0.1) is 6.04 Å². The lowest BCUT2D eigenvalue weighted by Crippen LogP contribution is -2.61. The molecule has 0 saturated carbocycles. The molecule has 19 heavy (non-hydrogen) atoms. The number of amides is 1. The molecule has 1 amide bonds. The summed E-state index contributed by atoms with van der Waals surface area (Å²) < 4.78 is 38.0. The van der Waals surface area contributed by atoms with Crippen molar-refractivity contribution in [2.24, 2.45) is 5.73 Å². The Morgan fingerprint density at radius 3 is 2.58 bits per heavy atom. The molecular formula is C12H17F3N2OS. The van der Waals surface area contributed by atoms with Crippen molar-refractivity contribution in [1.29, 1.82) is 0 Å². The van der Waals surface area contributed by atoms with E-state index in [2.05, 4.69) is 5.32 Å². The predicted molar refractivity (Wildman–Crippen MR) is 68.8 cm³/mol. The molecule has 0 radical (unpaired) electrons. The molecule has 0 aliphatic heterocycles. The van der Waals surface area contributed by atoms with Crippen molar-refractivity contribution in [3.05, 3.63) is 22.4 Å². The molecule has 108 valence electrons. The van der Waals surface area contributed by atoms with Gasteiger partial charge in [0.2, 0.25) is 5.91 Å². The molecule has 1 aromatic heterocycles. The molecule has 3 nitrogen and oxygen atoms in total. The number of halogens is 3. The second-order valence-electron chi connectivity index (χ2n) is 4.53. The molecule has 2 atom stereocenters. The minimum Gasteiger partial charge on any atom is -0.347 e. The van der Waals surface area contributed by atoms with Gasteiger partial charge in [-0.1, -0.05) is 19.4 Å². The quantitative estimate of drug-likeness (QED) is 0.877. The molecule has 0 saturated heterocycles. The van der Waals surface area contributed by atoms with Gasteiger partial charge in [-0.2, -0.15) is 13.2 Å². The summed E-state index contributed by atoms with van der Waals surface area (Å²) in [5, 5.41) is 4.21. The Balaban J connectivity index is 2.83. The molecule has 0 aliphatic rings. The molecule has 2 unspecified atom stereocenters. The van der Waals surface area contributed by atoms with Gasteiger partial charge in [-0.3, -0.25) is 4.79 Å². The van der Waals surface area contributed by atoms with E-state index in [1.54, 1.807) is 12.1 Å². The third kappa shape index (κ3) is 3.70. The summed E-state index contributed by atoms with van der Waals surface area (Å²) in [6, 6.07) is 3.15. The highest BCUT2D eigenvalue weighted by Gasteiger charge is 2.54. The van der Waals surface area contributed by atoms with Crippen LogP contribution >= 0.6 is 11.3 Å². The lowest BCUT2D eigenvalue weighted by molar-refractivity contribution is -0.187. The highest BCUT2D eigenvalue weighted by molar-refractivity contribution is 7.10. The van der Waals surface area contributed by atoms with Gasteiger partial charge in [-0.15, -0.1) is 11.3 Å². The molecule has 0 aliphatic carbocycles. The van der Waals surface area contributed by atoms with Crippen molar-refractivity contribution in [1.82, 2.24) is 5.32 Å². The number of hydrogen-bond acceptors (Lipinski definition) is 3. The molecule has 3 N–H and O–H groups in total. The second-order valence-corrected chi connectivity index (χ2v) is 5.51. The molecule has 0 bridgehead atoms. The average molecular weight is 294 g/mol. The first-order chi connectivity index (χ1) is 8.70. The van der Waals surface area contributed by atoms with Gasteiger partial charge in [-0.25, -0.2) is 0 Å². The van der Waals surface area contributed by atoms with Crippen LogP contribution in [0.5, 0.6) is 0 Å². The number of carbonyl (C=O) groups excluding carboxylic acids is 1. The molecule has 1 heterocycles. The van der Waals surface area contributed by atoms with E-state index in [4.69, 9.17) is 5.73 Å². The van der Waals surface area contributed by atoms with Crippen LogP contribution in [0.25, 0.3) is 0 Å². The van der Waals surface area contributed by atoms with Crippen molar-refractivity contribution >= 4 is 17.2 Å². The van der Waals surface area contributed by atoms with Gasteiger partial charge >= 0.3 is 6.18 Å². The van der Waals surface area contributed by atoms with Gasteiger partial charge < -0.3 is 11.1 Å². The van der Waals surface area contributed by atoms with Crippen molar-refractivity contribution in [2.75, 3.05) is 0 Å². The van der Waals surface area contributed by atoms with Gasteiger partial charge in [0.25, 0.3) is 0 Å². The monoisotopic (exact) mass is 294 g/mol. The zero-order chi connectivity index (χ0) is 14.7. The highest BCUT2D eigenvalue weighted by atomic mass is 32.1. The first kappa shape index (κ1) is 16.0. The van der Waals surface area contributed by atoms with Gasteiger partial charge in [0, 0.05) is 4.88 Å². The summed E-state index contributed by atoms with van der Waals surface area (Å²) in [4.78, 5) is 12.6. The van der Waals surface area contributed by atoms with E-state index in [1.165, 1.54) is 11.3 Å².